The van der Waals surface area contributed by atoms with Crippen LogP contribution in [0.4, 0.5) is 5.69 Å². The summed E-state index contributed by atoms with van der Waals surface area (Å²) in [7, 11) is 1.27. The Morgan fingerprint density at radius 1 is 1.20 bits per heavy atom. The number of methoxy groups -OCH3 is 1. The third-order valence-corrected chi connectivity index (χ3v) is 4.90. The smallest absolute Gasteiger partial charge is 0.315 e. The number of nitro groups is 1. The van der Waals surface area contributed by atoms with Gasteiger partial charge in [0.05, 0.1) is 24.8 Å². The number of rotatable bonds is 8. The number of phenols is 1. The van der Waals surface area contributed by atoms with Crippen LogP contribution in [0.1, 0.15) is 21.5 Å². The molecule has 12 nitrogen and oxygen atoms in total. The maximum atomic E-state index is 12.4. The van der Waals surface area contributed by atoms with Crippen molar-refractivity contribution in [2.45, 2.75) is 6.54 Å². The molecular weight excluding hydrogens is 454 g/mol. The van der Waals surface area contributed by atoms with E-state index in [1.165, 1.54) is 24.2 Å². The summed E-state index contributed by atoms with van der Waals surface area (Å²) in [6.07, 6.45) is 1.21. The second-order valence-corrected chi connectivity index (χ2v) is 7.25. The van der Waals surface area contributed by atoms with Crippen LogP contribution in [-0.4, -0.2) is 49.5 Å². The number of tetrazole rings is 1. The van der Waals surface area contributed by atoms with E-state index in [4.69, 9.17) is 4.74 Å². The van der Waals surface area contributed by atoms with Gasteiger partial charge in [0.15, 0.2) is 5.75 Å². The monoisotopic (exact) mass is 473 g/mol. The van der Waals surface area contributed by atoms with Crippen LogP contribution in [0.3, 0.4) is 0 Å². The second-order valence-electron chi connectivity index (χ2n) is 7.25. The number of aromatic nitrogens is 4. The lowest BCUT2D eigenvalue weighted by Crippen LogP contribution is -2.17. The Labute approximate surface area is 198 Å². The second kappa shape index (κ2) is 10.2. The van der Waals surface area contributed by atoms with Gasteiger partial charge in [0.2, 0.25) is 11.6 Å². The van der Waals surface area contributed by atoms with Crippen molar-refractivity contribution in [3.8, 4) is 22.9 Å². The van der Waals surface area contributed by atoms with E-state index < -0.39 is 22.3 Å². The molecule has 0 bridgehead atoms. The summed E-state index contributed by atoms with van der Waals surface area (Å²) < 4.78 is 4.93. The number of phenolic OH excluding ortho intramolecular Hbond substituents is 1. The first-order valence-electron chi connectivity index (χ1n) is 10.3. The highest BCUT2D eigenvalue weighted by Crippen LogP contribution is 2.36. The van der Waals surface area contributed by atoms with Crippen LogP contribution >= 0.6 is 0 Å². The molecule has 0 atom stereocenters. The number of aromatic hydroxyl groups is 1. The lowest BCUT2D eigenvalue weighted by Gasteiger charge is -2.05. The molecule has 0 aliphatic heterocycles. The highest BCUT2D eigenvalue weighted by molar-refractivity contribution is 5.95. The third kappa shape index (κ3) is 5.45. The van der Waals surface area contributed by atoms with Gasteiger partial charge < -0.3 is 9.84 Å². The number of hydrogen-bond acceptors (Lipinski definition) is 9. The largest absolute Gasteiger partial charge is 0.500 e. The number of ether oxygens (including phenoxy) is 1. The molecule has 0 radical (unpaired) electrons. The van der Waals surface area contributed by atoms with Crippen molar-refractivity contribution in [2.75, 3.05) is 7.11 Å². The molecule has 4 rings (SSSR count). The molecule has 4 aromatic rings. The Balaban J connectivity index is 1.38. The highest BCUT2D eigenvalue weighted by atomic mass is 16.6. The van der Waals surface area contributed by atoms with Gasteiger partial charge >= 0.3 is 5.69 Å². The Bertz CT molecular complexity index is 1390. The summed E-state index contributed by atoms with van der Waals surface area (Å²) in [5.41, 5.74) is 4.17. The Kier molecular flexibility index (Phi) is 6.72. The molecule has 0 saturated heterocycles. The Morgan fingerprint density at radius 3 is 2.63 bits per heavy atom. The van der Waals surface area contributed by atoms with E-state index in [1.807, 2.05) is 30.3 Å². The van der Waals surface area contributed by atoms with E-state index >= 15 is 0 Å². The Morgan fingerprint density at radius 2 is 1.94 bits per heavy atom. The molecular formula is C23H19N7O5. The van der Waals surface area contributed by atoms with Crippen molar-refractivity contribution >= 4 is 17.8 Å². The number of hydrogen-bond donors (Lipinski definition) is 2. The van der Waals surface area contributed by atoms with E-state index in [-0.39, 0.29) is 11.3 Å². The van der Waals surface area contributed by atoms with Gasteiger partial charge in [-0.3, -0.25) is 14.9 Å². The normalized spacial score (nSPS) is 10.9. The summed E-state index contributed by atoms with van der Waals surface area (Å²) in [5, 5.41) is 37.2. The zero-order chi connectivity index (χ0) is 24.8. The molecule has 12 heteroatoms. The van der Waals surface area contributed by atoms with Crippen molar-refractivity contribution < 1.29 is 19.6 Å². The van der Waals surface area contributed by atoms with Crippen LogP contribution < -0.4 is 10.2 Å². The minimum atomic E-state index is -0.743. The molecule has 0 unspecified atom stereocenters. The number of benzene rings is 3. The van der Waals surface area contributed by atoms with Gasteiger partial charge in [-0.2, -0.15) is 9.90 Å². The quantitative estimate of drug-likeness (QED) is 0.225. The fraction of sp³-hybridized carbons (Fsp3) is 0.0870. The first kappa shape index (κ1) is 23.0. The molecule has 0 aliphatic carbocycles. The number of amides is 1. The maximum absolute atomic E-state index is 12.4. The van der Waals surface area contributed by atoms with Crippen LogP contribution in [-0.2, 0) is 6.54 Å². The number of nitrogens with zero attached hydrogens (tertiary/aromatic N) is 6. The molecule has 1 aromatic heterocycles. The number of carbonyl (C=O) groups is 1. The number of nitrogens with one attached hydrogen (secondary N) is 1. The van der Waals surface area contributed by atoms with Crippen molar-refractivity contribution in [3.63, 3.8) is 0 Å². The lowest BCUT2D eigenvalue weighted by molar-refractivity contribution is -0.386. The van der Waals surface area contributed by atoms with E-state index in [0.717, 1.165) is 17.2 Å². The van der Waals surface area contributed by atoms with E-state index in [2.05, 4.69) is 25.9 Å². The van der Waals surface area contributed by atoms with Crippen molar-refractivity contribution in [3.05, 3.63) is 93.5 Å². The maximum Gasteiger partial charge on any atom is 0.315 e. The summed E-state index contributed by atoms with van der Waals surface area (Å²) in [6.45, 7) is 0.376. The van der Waals surface area contributed by atoms with Crippen LogP contribution in [0, 0.1) is 10.1 Å². The van der Waals surface area contributed by atoms with Gasteiger partial charge in [-0.15, -0.1) is 10.2 Å². The first-order valence-corrected chi connectivity index (χ1v) is 10.3. The molecule has 0 spiro atoms. The molecule has 0 aliphatic rings. The minimum Gasteiger partial charge on any atom is -0.500 e. The minimum absolute atomic E-state index is 0.0830. The summed E-state index contributed by atoms with van der Waals surface area (Å²) in [4.78, 5) is 24.2. The first-order chi connectivity index (χ1) is 16.9. The topological polar surface area (TPSA) is 158 Å². The summed E-state index contributed by atoms with van der Waals surface area (Å²) >= 11 is 0. The third-order valence-electron chi connectivity index (χ3n) is 4.90. The summed E-state index contributed by atoms with van der Waals surface area (Å²) in [5.74, 6) is -0.620. The standard InChI is InChI=1S/C23H19N7O5/c1-35-20-12-16(11-19(21(20)31)30(33)34)13-24-26-23(32)18-9-7-15(8-10-18)14-29-27-22(25-28-29)17-5-3-2-4-6-17/h2-13,31H,14H2,1H3,(H,26,32)/b24-13+. The van der Waals surface area contributed by atoms with Crippen molar-refractivity contribution in [1.82, 2.24) is 25.6 Å². The average molecular weight is 473 g/mol. The van der Waals surface area contributed by atoms with Gasteiger partial charge in [-0.05, 0) is 29.0 Å². The summed E-state index contributed by atoms with van der Waals surface area (Å²) in [6, 6.07) is 18.8. The number of hydrazone groups is 1. The van der Waals surface area contributed by atoms with Crippen LogP contribution in [0.2, 0.25) is 0 Å². The van der Waals surface area contributed by atoms with Crippen LogP contribution in [0.25, 0.3) is 11.4 Å². The predicted octanol–water partition coefficient (Wildman–Crippen LogP) is 2.77. The zero-order valence-corrected chi connectivity index (χ0v) is 18.4. The fourth-order valence-electron chi connectivity index (χ4n) is 3.15. The Hall–Kier alpha value is -5.13. The van der Waals surface area contributed by atoms with Gasteiger partial charge in [-0.25, -0.2) is 5.43 Å². The SMILES string of the molecule is COc1cc(/C=N/NC(=O)c2ccc(Cn3nnc(-c4ccccc4)n3)cc2)cc([N+](=O)[O-])c1O. The zero-order valence-electron chi connectivity index (χ0n) is 18.4. The van der Waals surface area contributed by atoms with Crippen molar-refractivity contribution in [2.24, 2.45) is 5.10 Å². The van der Waals surface area contributed by atoms with Crippen LogP contribution in [0.5, 0.6) is 11.5 Å². The van der Waals surface area contributed by atoms with Gasteiger partial charge in [0.25, 0.3) is 5.91 Å². The van der Waals surface area contributed by atoms with Gasteiger partial charge in [0.1, 0.15) is 0 Å². The fourth-order valence-corrected chi connectivity index (χ4v) is 3.15. The van der Waals surface area contributed by atoms with Crippen molar-refractivity contribution in [1.29, 1.82) is 0 Å². The molecule has 0 saturated carbocycles. The molecule has 35 heavy (non-hydrogen) atoms. The van der Waals surface area contributed by atoms with Gasteiger partial charge in [-0.1, -0.05) is 42.5 Å². The highest BCUT2D eigenvalue weighted by Gasteiger charge is 2.19. The molecule has 1 heterocycles. The van der Waals surface area contributed by atoms with Crippen LogP contribution in [0.15, 0.2) is 71.8 Å². The average Bonchev–Trinajstić information content (AvgIpc) is 3.34. The number of carbonyl (C=O) groups excluding carboxylic acids is 1. The molecule has 1 amide bonds. The molecule has 2 N–H and O–H groups in total. The van der Waals surface area contributed by atoms with E-state index in [0.29, 0.717) is 17.9 Å². The lowest BCUT2D eigenvalue weighted by atomic mass is 10.1. The van der Waals surface area contributed by atoms with E-state index in [1.54, 1.807) is 24.3 Å². The molecule has 0 fully saturated rings. The van der Waals surface area contributed by atoms with E-state index in [9.17, 15) is 20.0 Å². The molecule has 3 aromatic carbocycles. The number of nitro benzene ring substituents is 1. The predicted molar refractivity (Wildman–Crippen MR) is 125 cm³/mol. The molecule has 176 valence electrons. The van der Waals surface area contributed by atoms with Gasteiger partial charge in [0, 0.05) is 22.8 Å².